The lowest BCUT2D eigenvalue weighted by Crippen LogP contribution is -2.24. The van der Waals surface area contributed by atoms with Gasteiger partial charge >= 0.3 is 0 Å². The Balaban J connectivity index is 3.50. The lowest BCUT2D eigenvalue weighted by Gasteiger charge is -2.18. The van der Waals surface area contributed by atoms with Crippen molar-refractivity contribution in [3.63, 3.8) is 0 Å². The van der Waals surface area contributed by atoms with Crippen LogP contribution >= 0.6 is 0 Å². The third kappa shape index (κ3) is 9.77. The van der Waals surface area contributed by atoms with Gasteiger partial charge in [-0.25, -0.2) is 0 Å². The highest BCUT2D eigenvalue weighted by molar-refractivity contribution is 5.46. The quantitative estimate of drug-likeness (QED) is 0.538. The van der Waals surface area contributed by atoms with E-state index >= 15 is 0 Å². The fourth-order valence-electron chi connectivity index (χ4n) is 1.62. The Kier molecular flexibility index (Phi) is 8.44. The molecule has 0 aromatic carbocycles. The van der Waals surface area contributed by atoms with Crippen LogP contribution in [0.5, 0.6) is 0 Å². The molecule has 0 atom stereocenters. The number of amides is 1. The van der Waals surface area contributed by atoms with Crippen LogP contribution < -0.4 is 0 Å². The van der Waals surface area contributed by atoms with Crippen LogP contribution in [0.15, 0.2) is 0 Å². The normalized spacial score (nSPS) is 11.1. The van der Waals surface area contributed by atoms with Crippen LogP contribution in [0.25, 0.3) is 0 Å². The summed E-state index contributed by atoms with van der Waals surface area (Å²) >= 11 is 0. The average Bonchev–Trinajstić information content (AvgIpc) is 2.14. The van der Waals surface area contributed by atoms with Crippen LogP contribution in [0.4, 0.5) is 0 Å². The van der Waals surface area contributed by atoms with E-state index in [9.17, 15) is 4.79 Å². The molecule has 0 spiro atoms. The molecule has 0 fully saturated rings. The second kappa shape index (κ2) is 8.75. The molecule has 0 aromatic rings. The Morgan fingerprint density at radius 3 is 1.60 bits per heavy atom. The first-order valence-electron chi connectivity index (χ1n) is 6.25. The molecule has 0 heterocycles. The highest BCUT2D eigenvalue weighted by atomic mass is 16.1. The van der Waals surface area contributed by atoms with E-state index in [1.165, 1.54) is 12.8 Å². The molecule has 0 rings (SSSR count). The zero-order chi connectivity index (χ0) is 11.7. The predicted molar refractivity (Wildman–Crippen MR) is 65.8 cm³/mol. The average molecular weight is 213 g/mol. The summed E-state index contributed by atoms with van der Waals surface area (Å²) in [6.07, 6.45) is 5.71. The van der Waals surface area contributed by atoms with Crippen molar-refractivity contribution in [2.45, 2.75) is 53.4 Å². The molecule has 0 aromatic heterocycles. The first-order chi connectivity index (χ1) is 7.06. The van der Waals surface area contributed by atoms with Crippen LogP contribution in [-0.4, -0.2) is 24.4 Å². The Hall–Kier alpha value is -0.530. The largest absolute Gasteiger partial charge is 0.345 e. The molecule has 1 amide bonds. The molecule has 0 aliphatic heterocycles. The van der Waals surface area contributed by atoms with E-state index in [4.69, 9.17) is 0 Å². The molecule has 0 radical (unpaired) electrons. The van der Waals surface area contributed by atoms with Crippen molar-refractivity contribution in [2.75, 3.05) is 13.1 Å². The number of carbonyl (C=O) groups is 1. The van der Waals surface area contributed by atoms with Gasteiger partial charge < -0.3 is 4.90 Å². The van der Waals surface area contributed by atoms with Crippen LogP contribution in [0.1, 0.15) is 53.4 Å². The summed E-state index contributed by atoms with van der Waals surface area (Å²) in [5.74, 6) is 1.49. The molecule has 15 heavy (non-hydrogen) atoms. The van der Waals surface area contributed by atoms with Crippen molar-refractivity contribution in [2.24, 2.45) is 11.8 Å². The van der Waals surface area contributed by atoms with Crippen molar-refractivity contribution in [1.29, 1.82) is 0 Å². The minimum Gasteiger partial charge on any atom is -0.345 e. The van der Waals surface area contributed by atoms with Crippen LogP contribution in [-0.2, 0) is 4.79 Å². The zero-order valence-corrected chi connectivity index (χ0v) is 10.8. The van der Waals surface area contributed by atoms with E-state index in [0.717, 1.165) is 44.2 Å². The Morgan fingerprint density at radius 2 is 1.33 bits per heavy atom. The SMILES string of the molecule is CC(C)CCCN(C=O)CCCC(C)C. The van der Waals surface area contributed by atoms with E-state index in [1.54, 1.807) is 0 Å². The second-order valence-corrected chi connectivity index (χ2v) is 5.21. The molecule has 0 bridgehead atoms. The molecule has 0 aliphatic rings. The van der Waals surface area contributed by atoms with Crippen molar-refractivity contribution in [3.8, 4) is 0 Å². The van der Waals surface area contributed by atoms with Gasteiger partial charge in [-0.15, -0.1) is 0 Å². The lowest BCUT2D eigenvalue weighted by molar-refractivity contribution is -0.118. The first kappa shape index (κ1) is 14.5. The number of hydrogen-bond donors (Lipinski definition) is 0. The monoisotopic (exact) mass is 213 g/mol. The van der Waals surface area contributed by atoms with E-state index in [0.29, 0.717) is 0 Å². The van der Waals surface area contributed by atoms with Gasteiger partial charge in [-0.1, -0.05) is 27.7 Å². The van der Waals surface area contributed by atoms with Crippen LogP contribution in [0.2, 0.25) is 0 Å². The smallest absolute Gasteiger partial charge is 0.209 e. The van der Waals surface area contributed by atoms with Crippen molar-refractivity contribution < 1.29 is 4.79 Å². The molecular formula is C13H27NO. The standard InChI is InChI=1S/C13H27NO/c1-12(2)7-5-9-14(11-15)10-6-8-13(3)4/h11-13H,5-10H2,1-4H3. The number of hydrogen-bond acceptors (Lipinski definition) is 1. The topological polar surface area (TPSA) is 20.3 Å². The van der Waals surface area contributed by atoms with E-state index in [1.807, 2.05) is 4.90 Å². The van der Waals surface area contributed by atoms with E-state index in [-0.39, 0.29) is 0 Å². The Labute approximate surface area is 95.0 Å². The van der Waals surface area contributed by atoms with Crippen molar-refractivity contribution in [3.05, 3.63) is 0 Å². The van der Waals surface area contributed by atoms with Gasteiger partial charge in [0.15, 0.2) is 0 Å². The highest BCUT2D eigenvalue weighted by Gasteiger charge is 2.03. The van der Waals surface area contributed by atoms with Gasteiger partial charge in [-0.05, 0) is 37.5 Å². The van der Waals surface area contributed by atoms with Gasteiger partial charge in [0.2, 0.25) is 6.41 Å². The molecule has 0 N–H and O–H groups in total. The minimum absolute atomic E-state index is 0.745. The van der Waals surface area contributed by atoms with Gasteiger partial charge in [-0.3, -0.25) is 4.79 Å². The molecule has 2 heteroatoms. The summed E-state index contributed by atoms with van der Waals surface area (Å²) in [4.78, 5) is 12.7. The Bertz CT molecular complexity index is 141. The predicted octanol–water partition coefficient (Wildman–Crippen LogP) is 3.32. The molecule has 90 valence electrons. The van der Waals surface area contributed by atoms with Crippen molar-refractivity contribution in [1.82, 2.24) is 4.90 Å². The molecule has 0 saturated heterocycles. The maximum Gasteiger partial charge on any atom is 0.209 e. The molecule has 0 aliphatic carbocycles. The highest BCUT2D eigenvalue weighted by Crippen LogP contribution is 2.07. The number of carbonyl (C=O) groups excluding carboxylic acids is 1. The van der Waals surface area contributed by atoms with Crippen LogP contribution in [0.3, 0.4) is 0 Å². The van der Waals surface area contributed by atoms with Gasteiger partial charge in [0, 0.05) is 13.1 Å². The summed E-state index contributed by atoms with van der Waals surface area (Å²) in [5, 5.41) is 0. The van der Waals surface area contributed by atoms with Gasteiger partial charge in [-0.2, -0.15) is 0 Å². The second-order valence-electron chi connectivity index (χ2n) is 5.21. The summed E-state index contributed by atoms with van der Waals surface area (Å²) in [5.41, 5.74) is 0. The van der Waals surface area contributed by atoms with Gasteiger partial charge in [0.05, 0.1) is 0 Å². The first-order valence-corrected chi connectivity index (χ1v) is 6.25. The summed E-state index contributed by atoms with van der Waals surface area (Å²) < 4.78 is 0. The van der Waals surface area contributed by atoms with E-state index < -0.39 is 0 Å². The maximum atomic E-state index is 10.8. The van der Waals surface area contributed by atoms with Crippen molar-refractivity contribution >= 4 is 6.41 Å². The summed E-state index contributed by atoms with van der Waals surface area (Å²) in [7, 11) is 0. The molecule has 0 unspecified atom stereocenters. The van der Waals surface area contributed by atoms with Crippen LogP contribution in [0, 0.1) is 11.8 Å². The fraction of sp³-hybridized carbons (Fsp3) is 0.923. The lowest BCUT2D eigenvalue weighted by atomic mass is 10.1. The summed E-state index contributed by atoms with van der Waals surface area (Å²) in [6.45, 7) is 10.8. The molecule has 2 nitrogen and oxygen atoms in total. The van der Waals surface area contributed by atoms with Gasteiger partial charge in [0.1, 0.15) is 0 Å². The molecular weight excluding hydrogens is 186 g/mol. The fourth-order valence-corrected chi connectivity index (χ4v) is 1.62. The Morgan fingerprint density at radius 1 is 0.933 bits per heavy atom. The molecule has 0 saturated carbocycles. The third-order valence-corrected chi connectivity index (χ3v) is 2.60. The third-order valence-electron chi connectivity index (χ3n) is 2.60. The zero-order valence-electron chi connectivity index (χ0n) is 10.8. The summed E-state index contributed by atoms with van der Waals surface area (Å²) in [6, 6.07) is 0. The minimum atomic E-state index is 0.745. The number of rotatable bonds is 9. The van der Waals surface area contributed by atoms with E-state index in [2.05, 4.69) is 27.7 Å². The number of nitrogens with zero attached hydrogens (tertiary/aromatic N) is 1. The van der Waals surface area contributed by atoms with Gasteiger partial charge in [0.25, 0.3) is 0 Å². The maximum absolute atomic E-state index is 10.8.